The van der Waals surface area contributed by atoms with Crippen molar-refractivity contribution in [1.29, 1.82) is 0 Å². The summed E-state index contributed by atoms with van der Waals surface area (Å²) in [5.74, 6) is 0. The summed E-state index contributed by atoms with van der Waals surface area (Å²) in [5, 5.41) is 5.95. The smallest absolute Gasteiger partial charge is 0.182 e. The van der Waals surface area contributed by atoms with E-state index in [1.807, 2.05) is 24.6 Å². The van der Waals surface area contributed by atoms with E-state index in [-0.39, 0.29) is 0 Å². The number of hydrogen-bond donors (Lipinski definition) is 1. The molecule has 2 nitrogen and oxygen atoms in total. The van der Waals surface area contributed by atoms with Crippen LogP contribution in [0.15, 0.2) is 17.5 Å². The summed E-state index contributed by atoms with van der Waals surface area (Å²) in [4.78, 5) is 5.49. The van der Waals surface area contributed by atoms with Gasteiger partial charge in [0.2, 0.25) is 0 Å². The molecule has 0 amide bonds. The Bertz CT molecular complexity index is 408. The highest BCUT2D eigenvalue weighted by Gasteiger charge is 2.05. The van der Waals surface area contributed by atoms with Gasteiger partial charge in [-0.3, -0.25) is 0 Å². The lowest BCUT2D eigenvalue weighted by molar-refractivity contribution is 1.37. The van der Waals surface area contributed by atoms with Gasteiger partial charge in [0.25, 0.3) is 0 Å². The Morgan fingerprint density at radius 1 is 1.46 bits per heavy atom. The third-order valence-electron chi connectivity index (χ3n) is 1.54. The van der Waals surface area contributed by atoms with E-state index in [0.29, 0.717) is 0 Å². The van der Waals surface area contributed by atoms with E-state index in [9.17, 15) is 0 Å². The van der Waals surface area contributed by atoms with Crippen LogP contribution in [0.3, 0.4) is 0 Å². The molecule has 0 aromatic carbocycles. The highest BCUT2D eigenvalue weighted by molar-refractivity contribution is 7.20. The summed E-state index contributed by atoms with van der Waals surface area (Å²) >= 11 is 8.97. The van der Waals surface area contributed by atoms with Crippen LogP contribution in [0.2, 0.25) is 4.34 Å². The quantitative estimate of drug-likeness (QED) is 0.853. The molecule has 5 heteroatoms. The molecular weight excluding hydrogens is 224 g/mol. The minimum absolute atomic E-state index is 0.800. The molecule has 2 rings (SSSR count). The van der Waals surface area contributed by atoms with Crippen LogP contribution in [0.5, 0.6) is 0 Å². The molecule has 0 spiro atoms. The van der Waals surface area contributed by atoms with Gasteiger partial charge in [-0.1, -0.05) is 11.6 Å². The van der Waals surface area contributed by atoms with Crippen LogP contribution in [0.4, 0.5) is 5.13 Å². The van der Waals surface area contributed by atoms with Crippen molar-refractivity contribution in [1.82, 2.24) is 4.98 Å². The van der Waals surface area contributed by atoms with Gasteiger partial charge in [-0.25, -0.2) is 4.98 Å². The van der Waals surface area contributed by atoms with E-state index in [0.717, 1.165) is 20.0 Å². The number of aromatic nitrogens is 1. The molecule has 68 valence electrons. The van der Waals surface area contributed by atoms with Crippen molar-refractivity contribution >= 4 is 39.4 Å². The molecule has 0 aliphatic carbocycles. The maximum atomic E-state index is 5.83. The number of thiophene rings is 1. The normalized spacial score (nSPS) is 10.3. The molecule has 0 aliphatic rings. The number of nitrogens with zero attached hydrogens (tertiary/aromatic N) is 1. The highest BCUT2D eigenvalue weighted by atomic mass is 35.5. The van der Waals surface area contributed by atoms with Crippen LogP contribution in [-0.2, 0) is 0 Å². The van der Waals surface area contributed by atoms with Crippen LogP contribution < -0.4 is 5.32 Å². The van der Waals surface area contributed by atoms with Gasteiger partial charge in [0.05, 0.1) is 14.9 Å². The van der Waals surface area contributed by atoms with E-state index in [4.69, 9.17) is 11.6 Å². The Balaban J connectivity index is 2.35. The fraction of sp³-hybridized carbons (Fsp3) is 0.125. The number of anilines is 1. The summed E-state index contributed by atoms with van der Waals surface area (Å²) in [5.41, 5.74) is 0.992. The first-order valence-corrected chi connectivity index (χ1v) is 5.76. The topological polar surface area (TPSA) is 24.9 Å². The van der Waals surface area contributed by atoms with Gasteiger partial charge in [0.15, 0.2) is 5.13 Å². The molecule has 0 unspecified atom stereocenters. The molecule has 13 heavy (non-hydrogen) atoms. The van der Waals surface area contributed by atoms with Crippen molar-refractivity contribution in [2.75, 3.05) is 12.4 Å². The lowest BCUT2D eigenvalue weighted by Crippen LogP contribution is -1.84. The van der Waals surface area contributed by atoms with Gasteiger partial charge in [0, 0.05) is 12.4 Å². The molecule has 2 heterocycles. The van der Waals surface area contributed by atoms with Crippen molar-refractivity contribution in [3.63, 3.8) is 0 Å². The molecule has 0 saturated heterocycles. The molecule has 1 N–H and O–H groups in total. The van der Waals surface area contributed by atoms with E-state index in [1.54, 1.807) is 22.7 Å². The molecule has 2 aromatic rings. The largest absolute Gasteiger partial charge is 0.365 e. The van der Waals surface area contributed by atoms with Crippen molar-refractivity contribution in [2.24, 2.45) is 0 Å². The predicted molar refractivity (Wildman–Crippen MR) is 60.0 cm³/mol. The zero-order chi connectivity index (χ0) is 9.26. The number of hydrogen-bond acceptors (Lipinski definition) is 4. The third-order valence-corrected chi connectivity index (χ3v) is 3.66. The van der Waals surface area contributed by atoms with Crippen molar-refractivity contribution < 1.29 is 0 Å². The predicted octanol–water partition coefficient (Wildman–Crippen LogP) is 3.57. The first-order valence-electron chi connectivity index (χ1n) is 3.68. The molecule has 0 radical (unpaired) electrons. The van der Waals surface area contributed by atoms with Gasteiger partial charge >= 0.3 is 0 Å². The van der Waals surface area contributed by atoms with Crippen LogP contribution in [-0.4, -0.2) is 12.0 Å². The van der Waals surface area contributed by atoms with Crippen LogP contribution in [0.1, 0.15) is 0 Å². The Labute approximate surface area is 89.2 Å². The molecule has 0 aliphatic heterocycles. The van der Waals surface area contributed by atoms with E-state index >= 15 is 0 Å². The zero-order valence-electron chi connectivity index (χ0n) is 6.87. The Kier molecular flexibility index (Phi) is 2.53. The minimum Gasteiger partial charge on any atom is -0.365 e. The lowest BCUT2D eigenvalue weighted by Gasteiger charge is -1.89. The maximum Gasteiger partial charge on any atom is 0.182 e. The zero-order valence-corrected chi connectivity index (χ0v) is 9.26. The van der Waals surface area contributed by atoms with Crippen LogP contribution >= 0.6 is 34.3 Å². The summed E-state index contributed by atoms with van der Waals surface area (Å²) in [6.07, 6.45) is 0. The van der Waals surface area contributed by atoms with Gasteiger partial charge in [-0.15, -0.1) is 22.7 Å². The maximum absolute atomic E-state index is 5.83. The SMILES string of the molecule is CNc1nc(-c2ccc(Cl)s2)cs1. The Morgan fingerprint density at radius 2 is 2.31 bits per heavy atom. The molecule has 0 fully saturated rings. The Hall–Kier alpha value is -0.580. The fourth-order valence-corrected chi connectivity index (χ4v) is 2.70. The second-order valence-corrected chi connectivity index (χ2v) is 4.96. The van der Waals surface area contributed by atoms with E-state index in [2.05, 4.69) is 10.3 Å². The standard InChI is InChI=1S/C8H7ClN2S2/c1-10-8-11-5(4-12-8)6-2-3-7(9)13-6/h2-4H,1H3,(H,10,11). The average molecular weight is 231 g/mol. The summed E-state index contributed by atoms with van der Waals surface area (Å²) in [6.45, 7) is 0. The molecule has 0 atom stereocenters. The Morgan fingerprint density at radius 3 is 2.85 bits per heavy atom. The average Bonchev–Trinajstić information content (AvgIpc) is 2.71. The van der Waals surface area contributed by atoms with Crippen LogP contribution in [0.25, 0.3) is 10.6 Å². The van der Waals surface area contributed by atoms with Gasteiger partial charge in [-0.05, 0) is 12.1 Å². The van der Waals surface area contributed by atoms with Gasteiger partial charge in [-0.2, -0.15) is 0 Å². The minimum atomic E-state index is 0.800. The first-order chi connectivity index (χ1) is 6.29. The molecule has 0 bridgehead atoms. The van der Waals surface area contributed by atoms with Crippen molar-refractivity contribution in [3.05, 3.63) is 21.8 Å². The molecule has 0 saturated carbocycles. The van der Waals surface area contributed by atoms with Gasteiger partial charge in [0.1, 0.15) is 0 Å². The number of rotatable bonds is 2. The van der Waals surface area contributed by atoms with Crippen LogP contribution in [0, 0.1) is 0 Å². The molecule has 2 aromatic heterocycles. The highest BCUT2D eigenvalue weighted by Crippen LogP contribution is 2.32. The summed E-state index contributed by atoms with van der Waals surface area (Å²) in [7, 11) is 1.87. The van der Waals surface area contributed by atoms with E-state index < -0.39 is 0 Å². The molecular formula is C8H7ClN2S2. The summed E-state index contributed by atoms with van der Waals surface area (Å²) in [6, 6.07) is 3.88. The third kappa shape index (κ3) is 1.85. The summed E-state index contributed by atoms with van der Waals surface area (Å²) < 4.78 is 0.800. The number of nitrogens with one attached hydrogen (secondary N) is 1. The van der Waals surface area contributed by atoms with Gasteiger partial charge < -0.3 is 5.32 Å². The van der Waals surface area contributed by atoms with Crippen molar-refractivity contribution in [2.45, 2.75) is 0 Å². The number of halogens is 1. The second kappa shape index (κ2) is 3.65. The second-order valence-electron chi connectivity index (χ2n) is 2.39. The fourth-order valence-electron chi connectivity index (χ4n) is 0.954. The lowest BCUT2D eigenvalue weighted by atomic mass is 10.4. The first kappa shape index (κ1) is 8.99. The van der Waals surface area contributed by atoms with E-state index in [1.165, 1.54) is 0 Å². The number of thiazole rings is 1. The van der Waals surface area contributed by atoms with Crippen molar-refractivity contribution in [3.8, 4) is 10.6 Å². The monoisotopic (exact) mass is 230 g/mol.